The topological polar surface area (TPSA) is 21.3 Å². The van der Waals surface area contributed by atoms with E-state index >= 15 is 0 Å². The molecule has 2 unspecified atom stereocenters. The Bertz CT molecular complexity index is 155. The highest BCUT2D eigenvalue weighted by Gasteiger charge is 2.14. The lowest BCUT2D eigenvalue weighted by Gasteiger charge is -2.14. The highest BCUT2D eigenvalue weighted by molar-refractivity contribution is 4.66. The molecule has 0 saturated carbocycles. The van der Waals surface area contributed by atoms with E-state index in [0.29, 0.717) is 12.1 Å². The normalized spacial score (nSPS) is 22.5. The van der Waals surface area contributed by atoms with Crippen molar-refractivity contribution in [2.24, 2.45) is 0 Å². The first-order valence-electron chi connectivity index (χ1n) is 7.18. The molecule has 0 aromatic rings. The molecule has 2 nitrogen and oxygen atoms in total. The molecule has 0 aromatic carbocycles. The lowest BCUT2D eigenvalue weighted by Crippen LogP contribution is -2.27. The molecule has 1 heterocycles. The molecule has 2 heteroatoms. The Morgan fingerprint density at radius 3 is 2.88 bits per heavy atom. The molecule has 0 bridgehead atoms. The van der Waals surface area contributed by atoms with Crippen molar-refractivity contribution in [1.29, 1.82) is 0 Å². The van der Waals surface area contributed by atoms with Gasteiger partial charge in [0.25, 0.3) is 0 Å². The molecule has 1 aliphatic heterocycles. The minimum Gasteiger partial charge on any atom is -0.378 e. The molecule has 0 radical (unpaired) electrons. The van der Waals surface area contributed by atoms with Crippen molar-refractivity contribution in [2.75, 3.05) is 13.2 Å². The molecule has 16 heavy (non-hydrogen) atoms. The molecule has 1 saturated heterocycles. The van der Waals surface area contributed by atoms with Crippen LogP contribution in [0.4, 0.5) is 0 Å². The third-order valence-corrected chi connectivity index (χ3v) is 3.46. The van der Waals surface area contributed by atoms with Gasteiger partial charge in [0.1, 0.15) is 0 Å². The van der Waals surface area contributed by atoms with E-state index in [-0.39, 0.29) is 0 Å². The summed E-state index contributed by atoms with van der Waals surface area (Å²) in [6.45, 7) is 6.72. The van der Waals surface area contributed by atoms with Gasteiger partial charge in [-0.15, -0.1) is 0 Å². The zero-order valence-electron chi connectivity index (χ0n) is 11.1. The fourth-order valence-electron chi connectivity index (χ4n) is 2.35. The van der Waals surface area contributed by atoms with E-state index in [9.17, 15) is 0 Å². The molecule has 1 fully saturated rings. The van der Waals surface area contributed by atoms with E-state index in [1.807, 2.05) is 0 Å². The van der Waals surface area contributed by atoms with Crippen molar-refractivity contribution < 1.29 is 4.74 Å². The van der Waals surface area contributed by atoms with E-state index < -0.39 is 0 Å². The molecule has 1 aliphatic rings. The molecule has 0 amide bonds. The summed E-state index contributed by atoms with van der Waals surface area (Å²) in [5, 5.41) is 3.61. The van der Waals surface area contributed by atoms with E-state index in [1.54, 1.807) is 0 Å². The van der Waals surface area contributed by atoms with Gasteiger partial charge in [-0.3, -0.25) is 0 Å². The number of hydrogen-bond acceptors (Lipinski definition) is 2. The summed E-state index contributed by atoms with van der Waals surface area (Å²) in [5.41, 5.74) is 0. The van der Waals surface area contributed by atoms with Gasteiger partial charge in [-0.25, -0.2) is 0 Å². The minimum atomic E-state index is 0.567. The van der Waals surface area contributed by atoms with E-state index in [4.69, 9.17) is 4.74 Å². The van der Waals surface area contributed by atoms with Gasteiger partial charge in [-0.05, 0) is 45.6 Å². The first kappa shape index (κ1) is 14.0. The third-order valence-electron chi connectivity index (χ3n) is 3.46. The summed E-state index contributed by atoms with van der Waals surface area (Å²) >= 11 is 0. The number of hydrogen-bond donors (Lipinski definition) is 1. The van der Waals surface area contributed by atoms with Crippen LogP contribution in [0.15, 0.2) is 0 Å². The molecule has 1 N–H and O–H groups in total. The van der Waals surface area contributed by atoms with Crippen molar-refractivity contribution in [2.45, 2.75) is 77.4 Å². The van der Waals surface area contributed by atoms with Crippen LogP contribution in [0.2, 0.25) is 0 Å². The van der Waals surface area contributed by atoms with Gasteiger partial charge in [0.05, 0.1) is 6.10 Å². The van der Waals surface area contributed by atoms with Crippen molar-refractivity contribution in [3.63, 3.8) is 0 Å². The predicted molar refractivity (Wildman–Crippen MR) is 69.8 cm³/mol. The van der Waals surface area contributed by atoms with Gasteiger partial charge in [-0.2, -0.15) is 0 Å². The molecule has 1 rings (SSSR count). The van der Waals surface area contributed by atoms with Gasteiger partial charge in [0.15, 0.2) is 0 Å². The minimum absolute atomic E-state index is 0.567. The second-order valence-corrected chi connectivity index (χ2v) is 5.13. The Morgan fingerprint density at radius 1 is 1.31 bits per heavy atom. The fraction of sp³-hybridized carbons (Fsp3) is 1.00. The predicted octanol–water partition coefficient (Wildman–Crippen LogP) is 3.50. The lowest BCUT2D eigenvalue weighted by atomic mass is 10.1. The maximum absolute atomic E-state index is 5.61. The molecule has 0 aliphatic carbocycles. The Labute approximate surface area is 101 Å². The largest absolute Gasteiger partial charge is 0.378 e. The van der Waals surface area contributed by atoms with Crippen molar-refractivity contribution in [3.8, 4) is 0 Å². The summed E-state index contributed by atoms with van der Waals surface area (Å²) < 4.78 is 5.61. The Hall–Kier alpha value is -0.0800. The van der Waals surface area contributed by atoms with E-state index in [2.05, 4.69) is 19.2 Å². The quantitative estimate of drug-likeness (QED) is 0.609. The molecular formula is C14H29NO. The SMILES string of the molecule is CCCCCC(C)NCCCC1CCCO1. The molecule has 2 atom stereocenters. The maximum Gasteiger partial charge on any atom is 0.0576 e. The number of unbranched alkanes of at least 4 members (excludes halogenated alkanes) is 2. The summed E-state index contributed by atoms with van der Waals surface area (Å²) in [5.74, 6) is 0. The van der Waals surface area contributed by atoms with Crippen LogP contribution in [0.5, 0.6) is 0 Å². The zero-order valence-corrected chi connectivity index (χ0v) is 11.1. The van der Waals surface area contributed by atoms with Crippen molar-refractivity contribution in [3.05, 3.63) is 0 Å². The number of ether oxygens (including phenoxy) is 1. The Morgan fingerprint density at radius 2 is 2.19 bits per heavy atom. The summed E-state index contributed by atoms with van der Waals surface area (Å²) in [4.78, 5) is 0. The highest BCUT2D eigenvalue weighted by atomic mass is 16.5. The monoisotopic (exact) mass is 227 g/mol. The first-order chi connectivity index (χ1) is 7.83. The summed E-state index contributed by atoms with van der Waals surface area (Å²) in [7, 11) is 0. The molecule has 0 spiro atoms. The summed E-state index contributed by atoms with van der Waals surface area (Å²) in [6, 6.07) is 0.691. The fourth-order valence-corrected chi connectivity index (χ4v) is 2.35. The van der Waals surface area contributed by atoms with Gasteiger partial charge >= 0.3 is 0 Å². The molecular weight excluding hydrogens is 198 g/mol. The van der Waals surface area contributed by atoms with Crippen molar-refractivity contribution in [1.82, 2.24) is 5.32 Å². The van der Waals surface area contributed by atoms with Crippen molar-refractivity contribution >= 4 is 0 Å². The van der Waals surface area contributed by atoms with Crippen LogP contribution in [-0.2, 0) is 4.74 Å². The maximum atomic E-state index is 5.61. The lowest BCUT2D eigenvalue weighted by molar-refractivity contribution is 0.102. The smallest absolute Gasteiger partial charge is 0.0576 e. The number of nitrogens with one attached hydrogen (secondary N) is 1. The zero-order chi connectivity index (χ0) is 11.6. The average molecular weight is 227 g/mol. The van der Waals surface area contributed by atoms with Gasteiger partial charge in [0.2, 0.25) is 0 Å². The van der Waals surface area contributed by atoms with Crippen LogP contribution in [0.25, 0.3) is 0 Å². The van der Waals surface area contributed by atoms with Gasteiger partial charge in [-0.1, -0.05) is 26.2 Å². The molecule has 96 valence electrons. The second-order valence-electron chi connectivity index (χ2n) is 5.13. The summed E-state index contributed by atoms with van der Waals surface area (Å²) in [6.07, 6.45) is 11.0. The Kier molecular flexibility index (Phi) is 7.87. The van der Waals surface area contributed by atoms with Gasteiger partial charge < -0.3 is 10.1 Å². The Balaban J connectivity index is 1.85. The van der Waals surface area contributed by atoms with Crippen LogP contribution in [-0.4, -0.2) is 25.3 Å². The first-order valence-corrected chi connectivity index (χ1v) is 7.18. The van der Waals surface area contributed by atoms with Gasteiger partial charge in [0, 0.05) is 12.6 Å². The molecule has 0 aromatic heterocycles. The van der Waals surface area contributed by atoms with Crippen LogP contribution in [0.3, 0.4) is 0 Å². The van der Waals surface area contributed by atoms with E-state index in [0.717, 1.165) is 13.2 Å². The van der Waals surface area contributed by atoms with Crippen LogP contribution in [0.1, 0.15) is 65.2 Å². The standard InChI is InChI=1S/C14H29NO/c1-3-4-5-8-13(2)15-11-6-9-14-10-7-12-16-14/h13-15H,3-12H2,1-2H3. The number of rotatable bonds is 9. The highest BCUT2D eigenvalue weighted by Crippen LogP contribution is 2.16. The van der Waals surface area contributed by atoms with Crippen LogP contribution >= 0.6 is 0 Å². The van der Waals surface area contributed by atoms with E-state index in [1.165, 1.54) is 51.4 Å². The van der Waals surface area contributed by atoms with Crippen LogP contribution < -0.4 is 5.32 Å². The van der Waals surface area contributed by atoms with Crippen LogP contribution in [0, 0.1) is 0 Å². The average Bonchev–Trinajstić information content (AvgIpc) is 2.78. The third kappa shape index (κ3) is 6.49. The second kappa shape index (κ2) is 9.00.